The Morgan fingerprint density at radius 2 is 2.27 bits per heavy atom. The number of hydrogen-bond donors (Lipinski definition) is 2. The largest absolute Gasteiger partial charge is 0.495 e. The lowest BCUT2D eigenvalue weighted by Gasteiger charge is -2.18. The van der Waals surface area contributed by atoms with Gasteiger partial charge in [-0.05, 0) is 18.6 Å². The van der Waals surface area contributed by atoms with Gasteiger partial charge in [-0.15, -0.1) is 0 Å². The number of nitrogens with two attached hydrogens (primary N) is 1. The summed E-state index contributed by atoms with van der Waals surface area (Å²) in [6, 6.07) is 0.469. The van der Waals surface area contributed by atoms with Gasteiger partial charge in [0.05, 0.1) is 24.8 Å². The lowest BCUT2D eigenvalue weighted by atomic mass is 10.0. The fourth-order valence-corrected chi connectivity index (χ4v) is 1.73. The highest BCUT2D eigenvalue weighted by molar-refractivity contribution is 6.32. The Balaban J connectivity index is 3.43. The minimum atomic E-state index is -0.701. The van der Waals surface area contributed by atoms with Crippen molar-refractivity contribution in [3.8, 4) is 5.75 Å². The molecule has 0 aliphatic carbocycles. The van der Waals surface area contributed by atoms with E-state index in [1.165, 1.54) is 13.2 Å². The van der Waals surface area contributed by atoms with Crippen molar-refractivity contribution in [1.29, 1.82) is 0 Å². The van der Waals surface area contributed by atoms with E-state index in [9.17, 15) is 4.39 Å². The molecule has 0 fully saturated rings. The third-order valence-electron chi connectivity index (χ3n) is 2.25. The van der Waals surface area contributed by atoms with Crippen LogP contribution in [0.15, 0.2) is 6.07 Å². The maximum atomic E-state index is 13.4. The minimum Gasteiger partial charge on any atom is -0.495 e. The summed E-state index contributed by atoms with van der Waals surface area (Å²) in [6.45, 7) is 1.27. The highest BCUT2D eigenvalue weighted by Gasteiger charge is 2.20. The lowest BCUT2D eigenvalue weighted by Crippen LogP contribution is -2.17. The molecular weight excluding hydrogens is 221 g/mol. The number of ether oxygens (including phenoxy) is 1. The van der Waals surface area contributed by atoms with E-state index in [2.05, 4.69) is 0 Å². The number of hydrogen-bond acceptors (Lipinski definition) is 3. The van der Waals surface area contributed by atoms with Crippen LogP contribution in [0, 0.1) is 12.7 Å². The molecule has 1 atom stereocenters. The summed E-state index contributed by atoms with van der Waals surface area (Å²) in [5, 5.41) is 9.12. The van der Waals surface area contributed by atoms with Gasteiger partial charge in [0.2, 0.25) is 0 Å². The molecule has 0 spiro atoms. The van der Waals surface area contributed by atoms with E-state index >= 15 is 0 Å². The Kier molecular flexibility index (Phi) is 3.90. The number of benzene rings is 1. The molecule has 1 aromatic carbocycles. The van der Waals surface area contributed by atoms with Crippen LogP contribution in [0.3, 0.4) is 0 Å². The minimum absolute atomic E-state index is 0.152. The van der Waals surface area contributed by atoms with Crippen LogP contribution in [-0.4, -0.2) is 18.8 Å². The first-order valence-corrected chi connectivity index (χ1v) is 4.79. The molecule has 1 unspecified atom stereocenters. The van der Waals surface area contributed by atoms with Gasteiger partial charge in [-0.25, -0.2) is 4.39 Å². The van der Waals surface area contributed by atoms with Gasteiger partial charge < -0.3 is 15.6 Å². The van der Waals surface area contributed by atoms with E-state index in [4.69, 9.17) is 27.2 Å². The van der Waals surface area contributed by atoms with Crippen LogP contribution in [0.4, 0.5) is 4.39 Å². The van der Waals surface area contributed by atoms with Crippen molar-refractivity contribution in [3.63, 3.8) is 0 Å². The maximum absolute atomic E-state index is 13.4. The van der Waals surface area contributed by atoms with Gasteiger partial charge in [0, 0.05) is 5.56 Å². The lowest BCUT2D eigenvalue weighted by molar-refractivity contribution is 0.264. The summed E-state index contributed by atoms with van der Waals surface area (Å²) in [5.74, 6) is -0.142. The molecule has 0 heterocycles. The van der Waals surface area contributed by atoms with Gasteiger partial charge >= 0.3 is 0 Å². The molecule has 1 rings (SSSR count). The van der Waals surface area contributed by atoms with Gasteiger partial charge in [-0.3, -0.25) is 0 Å². The van der Waals surface area contributed by atoms with Crippen molar-refractivity contribution < 1.29 is 14.2 Å². The smallest absolute Gasteiger partial charge is 0.142 e. The highest BCUT2D eigenvalue weighted by atomic mass is 35.5. The second-order valence-electron chi connectivity index (χ2n) is 3.20. The van der Waals surface area contributed by atoms with Crippen LogP contribution < -0.4 is 10.5 Å². The molecular formula is C10H13ClFNO2. The van der Waals surface area contributed by atoms with Gasteiger partial charge in [-0.1, -0.05) is 11.6 Å². The van der Waals surface area contributed by atoms with Crippen molar-refractivity contribution in [1.82, 2.24) is 0 Å². The van der Waals surface area contributed by atoms with E-state index < -0.39 is 11.9 Å². The molecule has 0 aliphatic heterocycles. The number of aliphatic hydroxyl groups is 1. The maximum Gasteiger partial charge on any atom is 0.142 e. The van der Waals surface area contributed by atoms with Crippen molar-refractivity contribution in [2.75, 3.05) is 13.7 Å². The molecule has 15 heavy (non-hydrogen) atoms. The zero-order valence-corrected chi connectivity index (χ0v) is 9.31. The van der Waals surface area contributed by atoms with Gasteiger partial charge in [-0.2, -0.15) is 0 Å². The zero-order valence-electron chi connectivity index (χ0n) is 8.55. The first kappa shape index (κ1) is 12.2. The van der Waals surface area contributed by atoms with Crippen molar-refractivity contribution in [3.05, 3.63) is 28.0 Å². The normalized spacial score (nSPS) is 12.7. The zero-order chi connectivity index (χ0) is 11.6. The molecule has 0 amide bonds. The SMILES string of the molecule is COc1c(Cl)cc(F)c(C)c1C(N)CO. The monoisotopic (exact) mass is 233 g/mol. The summed E-state index contributed by atoms with van der Waals surface area (Å²) in [5.41, 5.74) is 6.41. The van der Waals surface area contributed by atoms with Crippen LogP contribution in [-0.2, 0) is 0 Å². The Morgan fingerprint density at radius 1 is 1.67 bits per heavy atom. The van der Waals surface area contributed by atoms with Crippen LogP contribution in [0.1, 0.15) is 17.2 Å². The summed E-state index contributed by atoms with van der Waals surface area (Å²) in [7, 11) is 1.42. The number of halogens is 2. The van der Waals surface area contributed by atoms with Crippen LogP contribution in [0.2, 0.25) is 5.02 Å². The molecule has 0 aromatic heterocycles. The second-order valence-corrected chi connectivity index (χ2v) is 3.61. The van der Waals surface area contributed by atoms with E-state index in [1.807, 2.05) is 0 Å². The van der Waals surface area contributed by atoms with Crippen molar-refractivity contribution >= 4 is 11.6 Å². The summed E-state index contributed by atoms with van der Waals surface area (Å²) >= 11 is 5.81. The number of aliphatic hydroxyl groups excluding tert-OH is 1. The molecule has 0 saturated heterocycles. The van der Waals surface area contributed by atoms with Gasteiger partial charge in [0.1, 0.15) is 11.6 Å². The predicted octanol–water partition coefficient (Wildman–Crippen LogP) is 1.79. The van der Waals surface area contributed by atoms with E-state index in [0.717, 1.165) is 0 Å². The Hall–Kier alpha value is -0.840. The van der Waals surface area contributed by atoms with Crippen LogP contribution >= 0.6 is 11.6 Å². The molecule has 5 heteroatoms. The third kappa shape index (κ3) is 2.22. The molecule has 3 N–H and O–H groups in total. The van der Waals surface area contributed by atoms with Gasteiger partial charge in [0.25, 0.3) is 0 Å². The fourth-order valence-electron chi connectivity index (χ4n) is 1.46. The average Bonchev–Trinajstić information content (AvgIpc) is 2.21. The quantitative estimate of drug-likeness (QED) is 0.837. The molecule has 0 radical (unpaired) electrons. The van der Waals surface area contributed by atoms with Gasteiger partial charge in [0.15, 0.2) is 0 Å². The highest BCUT2D eigenvalue weighted by Crippen LogP contribution is 2.35. The second kappa shape index (κ2) is 4.79. The van der Waals surface area contributed by atoms with E-state index in [-0.39, 0.29) is 11.6 Å². The standard InChI is InChI=1S/C10H13ClFNO2/c1-5-7(12)3-6(11)10(15-2)9(5)8(13)4-14/h3,8,14H,4,13H2,1-2H3. The molecule has 0 aliphatic rings. The first-order valence-electron chi connectivity index (χ1n) is 4.41. The summed E-state index contributed by atoms with van der Waals surface area (Å²) in [6.07, 6.45) is 0. The molecule has 0 bridgehead atoms. The van der Waals surface area contributed by atoms with Crippen molar-refractivity contribution in [2.24, 2.45) is 5.73 Å². The average molecular weight is 234 g/mol. The van der Waals surface area contributed by atoms with Crippen molar-refractivity contribution in [2.45, 2.75) is 13.0 Å². The Labute approximate surface area is 92.6 Å². The third-order valence-corrected chi connectivity index (χ3v) is 2.53. The topological polar surface area (TPSA) is 55.5 Å². The Bertz CT molecular complexity index is 371. The fraction of sp³-hybridized carbons (Fsp3) is 0.400. The van der Waals surface area contributed by atoms with E-state index in [0.29, 0.717) is 16.9 Å². The van der Waals surface area contributed by atoms with Crippen LogP contribution in [0.5, 0.6) is 5.75 Å². The molecule has 84 valence electrons. The number of methoxy groups -OCH3 is 1. The summed E-state index contributed by atoms with van der Waals surface area (Å²) < 4.78 is 18.4. The molecule has 1 aromatic rings. The molecule has 0 saturated carbocycles. The Morgan fingerprint density at radius 3 is 2.73 bits per heavy atom. The summed E-state index contributed by atoms with van der Waals surface area (Å²) in [4.78, 5) is 0. The van der Waals surface area contributed by atoms with Crippen LogP contribution in [0.25, 0.3) is 0 Å². The molecule has 3 nitrogen and oxygen atoms in total. The predicted molar refractivity (Wildman–Crippen MR) is 56.7 cm³/mol. The van der Waals surface area contributed by atoms with E-state index in [1.54, 1.807) is 6.92 Å². The number of rotatable bonds is 3. The first-order chi connectivity index (χ1) is 7.02.